The van der Waals surface area contributed by atoms with Gasteiger partial charge in [0.25, 0.3) is 0 Å². The third-order valence-corrected chi connectivity index (χ3v) is 2.55. The number of carbonyl (C=O) groups excluding carboxylic acids is 1. The molecule has 4 nitrogen and oxygen atoms in total. The van der Waals surface area contributed by atoms with E-state index in [1.54, 1.807) is 31.2 Å². The van der Waals surface area contributed by atoms with Crippen LogP contribution < -0.4 is 5.73 Å². The zero-order chi connectivity index (χ0) is 12.7. The molecule has 0 fully saturated rings. The molecule has 0 aliphatic heterocycles. The summed E-state index contributed by atoms with van der Waals surface area (Å²) < 4.78 is 5.01. The van der Waals surface area contributed by atoms with Gasteiger partial charge in [-0.25, -0.2) is 0 Å². The van der Waals surface area contributed by atoms with Crippen molar-refractivity contribution in [1.29, 1.82) is 0 Å². The fourth-order valence-electron chi connectivity index (χ4n) is 1.68. The van der Waals surface area contributed by atoms with Crippen LogP contribution in [0.1, 0.15) is 18.9 Å². The lowest BCUT2D eigenvalue weighted by atomic mass is 9.96. The van der Waals surface area contributed by atoms with Crippen LogP contribution in [0.25, 0.3) is 0 Å². The second kappa shape index (κ2) is 8.78. The number of ether oxygens (including phenoxy) is 1. The molecule has 1 atom stereocenters. The third-order valence-electron chi connectivity index (χ3n) is 2.55. The van der Waals surface area contributed by atoms with Crippen molar-refractivity contribution >= 4 is 18.4 Å². The molecule has 0 bridgehead atoms. The van der Waals surface area contributed by atoms with Gasteiger partial charge < -0.3 is 15.6 Å². The number of hydrogen-bond donors (Lipinski definition) is 2. The zero-order valence-electron chi connectivity index (χ0n) is 10.5. The summed E-state index contributed by atoms with van der Waals surface area (Å²) in [7, 11) is 0. The number of hydrogen-bond acceptors (Lipinski definition) is 4. The van der Waals surface area contributed by atoms with E-state index in [0.717, 1.165) is 5.56 Å². The Kier molecular flexibility index (Phi) is 8.16. The molecule has 0 amide bonds. The molecule has 1 unspecified atom stereocenters. The maximum absolute atomic E-state index is 11.7. The minimum absolute atomic E-state index is 0. The summed E-state index contributed by atoms with van der Waals surface area (Å²) in [5, 5.41) is 9.18. The third kappa shape index (κ3) is 5.38. The van der Waals surface area contributed by atoms with E-state index >= 15 is 0 Å². The van der Waals surface area contributed by atoms with Gasteiger partial charge >= 0.3 is 5.97 Å². The minimum Gasteiger partial charge on any atom is -0.508 e. The molecule has 0 aliphatic carbocycles. The lowest BCUT2D eigenvalue weighted by Crippen LogP contribution is -2.23. The molecule has 0 aromatic heterocycles. The minimum atomic E-state index is -0.204. The molecule has 102 valence electrons. The molecule has 18 heavy (non-hydrogen) atoms. The Morgan fingerprint density at radius 3 is 2.50 bits per heavy atom. The first-order valence-electron chi connectivity index (χ1n) is 5.82. The summed E-state index contributed by atoms with van der Waals surface area (Å²) in [6.07, 6.45) is 1.20. The first-order valence-corrected chi connectivity index (χ1v) is 5.82. The number of rotatable bonds is 6. The Morgan fingerprint density at radius 1 is 1.39 bits per heavy atom. The predicted molar refractivity (Wildman–Crippen MR) is 72.9 cm³/mol. The quantitative estimate of drug-likeness (QED) is 0.777. The fourth-order valence-corrected chi connectivity index (χ4v) is 1.68. The van der Waals surface area contributed by atoms with Crippen LogP contribution >= 0.6 is 12.4 Å². The number of phenols is 1. The number of aromatic hydroxyl groups is 1. The largest absolute Gasteiger partial charge is 0.508 e. The molecule has 1 aromatic carbocycles. The summed E-state index contributed by atoms with van der Waals surface area (Å²) in [5.41, 5.74) is 6.49. The number of nitrogens with two attached hydrogens (primary N) is 1. The van der Waals surface area contributed by atoms with Crippen molar-refractivity contribution in [2.45, 2.75) is 19.8 Å². The van der Waals surface area contributed by atoms with Gasteiger partial charge in [-0.1, -0.05) is 12.1 Å². The second-order valence-electron chi connectivity index (χ2n) is 3.90. The first kappa shape index (κ1) is 16.7. The summed E-state index contributed by atoms with van der Waals surface area (Å²) >= 11 is 0. The summed E-state index contributed by atoms with van der Waals surface area (Å²) in [6.45, 7) is 2.63. The Balaban J connectivity index is 0.00000289. The molecule has 0 saturated carbocycles. The molecule has 3 N–H and O–H groups in total. The van der Waals surface area contributed by atoms with E-state index in [9.17, 15) is 9.90 Å². The van der Waals surface area contributed by atoms with Gasteiger partial charge in [-0.2, -0.15) is 0 Å². The lowest BCUT2D eigenvalue weighted by Gasteiger charge is -2.14. The predicted octanol–water partition coefficient (Wildman–Crippen LogP) is 1.88. The monoisotopic (exact) mass is 273 g/mol. The van der Waals surface area contributed by atoms with Gasteiger partial charge in [-0.05, 0) is 44.0 Å². The summed E-state index contributed by atoms with van der Waals surface area (Å²) in [6, 6.07) is 6.83. The zero-order valence-corrected chi connectivity index (χ0v) is 11.3. The van der Waals surface area contributed by atoms with Crippen LogP contribution in [0.5, 0.6) is 5.75 Å². The molecule has 1 rings (SSSR count). The highest BCUT2D eigenvalue weighted by molar-refractivity contribution is 5.85. The van der Waals surface area contributed by atoms with Crippen LogP contribution in [0.3, 0.4) is 0 Å². The number of carbonyl (C=O) groups is 1. The van der Waals surface area contributed by atoms with Gasteiger partial charge in [-0.3, -0.25) is 4.79 Å². The highest BCUT2D eigenvalue weighted by Gasteiger charge is 2.19. The van der Waals surface area contributed by atoms with E-state index in [1.807, 2.05) is 0 Å². The standard InChI is InChI=1S/C13H19NO3.ClH/c1-2-17-13(16)11(7-8-14)9-10-3-5-12(15)6-4-10;/h3-6,11,15H,2,7-9,14H2,1H3;1H. The van der Waals surface area contributed by atoms with Gasteiger partial charge in [0.1, 0.15) is 5.75 Å². The van der Waals surface area contributed by atoms with Crippen molar-refractivity contribution < 1.29 is 14.6 Å². The molecule has 1 aromatic rings. The van der Waals surface area contributed by atoms with Crippen LogP contribution in [0.4, 0.5) is 0 Å². The molecular formula is C13H20ClNO3. The number of phenolic OH excluding ortho intramolecular Hbond substituents is 1. The smallest absolute Gasteiger partial charge is 0.309 e. The van der Waals surface area contributed by atoms with Gasteiger partial charge in [0.15, 0.2) is 0 Å². The van der Waals surface area contributed by atoms with E-state index in [0.29, 0.717) is 26.0 Å². The van der Waals surface area contributed by atoms with Crippen LogP contribution in [0, 0.1) is 5.92 Å². The van der Waals surface area contributed by atoms with E-state index in [2.05, 4.69) is 0 Å². The normalized spacial score (nSPS) is 11.4. The molecule has 0 heterocycles. The molecule has 0 aliphatic rings. The highest BCUT2D eigenvalue weighted by Crippen LogP contribution is 2.16. The van der Waals surface area contributed by atoms with Gasteiger partial charge in [-0.15, -0.1) is 12.4 Å². The van der Waals surface area contributed by atoms with Crippen LogP contribution in [0.2, 0.25) is 0 Å². The van der Waals surface area contributed by atoms with Crippen molar-refractivity contribution in [3.63, 3.8) is 0 Å². The topological polar surface area (TPSA) is 72.5 Å². The van der Waals surface area contributed by atoms with Crippen LogP contribution in [-0.2, 0) is 16.0 Å². The maximum Gasteiger partial charge on any atom is 0.309 e. The van der Waals surface area contributed by atoms with Crippen molar-refractivity contribution in [2.24, 2.45) is 11.7 Å². The van der Waals surface area contributed by atoms with E-state index in [-0.39, 0.29) is 30.0 Å². The first-order chi connectivity index (χ1) is 8.17. The number of esters is 1. The second-order valence-corrected chi connectivity index (χ2v) is 3.90. The van der Waals surface area contributed by atoms with Crippen molar-refractivity contribution in [3.8, 4) is 5.75 Å². The molecule has 0 spiro atoms. The molecule has 0 radical (unpaired) electrons. The Bertz CT molecular complexity index is 354. The molecule has 5 heteroatoms. The Hall–Kier alpha value is -1.26. The van der Waals surface area contributed by atoms with Crippen molar-refractivity contribution in [1.82, 2.24) is 0 Å². The molecular weight excluding hydrogens is 254 g/mol. The van der Waals surface area contributed by atoms with Gasteiger partial charge in [0.05, 0.1) is 12.5 Å². The van der Waals surface area contributed by atoms with Gasteiger partial charge in [0, 0.05) is 0 Å². The van der Waals surface area contributed by atoms with Crippen molar-refractivity contribution in [2.75, 3.05) is 13.2 Å². The van der Waals surface area contributed by atoms with Crippen LogP contribution in [0.15, 0.2) is 24.3 Å². The maximum atomic E-state index is 11.7. The van der Waals surface area contributed by atoms with Crippen molar-refractivity contribution in [3.05, 3.63) is 29.8 Å². The lowest BCUT2D eigenvalue weighted by molar-refractivity contribution is -0.148. The fraction of sp³-hybridized carbons (Fsp3) is 0.462. The Morgan fingerprint density at radius 2 is 2.00 bits per heavy atom. The van der Waals surface area contributed by atoms with Gasteiger partial charge in [0.2, 0.25) is 0 Å². The highest BCUT2D eigenvalue weighted by atomic mass is 35.5. The molecule has 0 saturated heterocycles. The SMILES string of the molecule is CCOC(=O)C(CCN)Cc1ccc(O)cc1.Cl. The summed E-state index contributed by atoms with van der Waals surface area (Å²) in [4.78, 5) is 11.7. The number of halogens is 1. The van der Waals surface area contributed by atoms with E-state index in [4.69, 9.17) is 10.5 Å². The average Bonchev–Trinajstić information content (AvgIpc) is 2.31. The Labute approximate surface area is 114 Å². The van der Waals surface area contributed by atoms with E-state index < -0.39 is 0 Å². The summed E-state index contributed by atoms with van der Waals surface area (Å²) in [5.74, 6) is -0.184. The average molecular weight is 274 g/mol. The number of benzene rings is 1. The van der Waals surface area contributed by atoms with E-state index in [1.165, 1.54) is 0 Å². The van der Waals surface area contributed by atoms with Crippen LogP contribution in [-0.4, -0.2) is 24.2 Å².